The van der Waals surface area contributed by atoms with Crippen LogP contribution in [0.1, 0.15) is 0 Å². The van der Waals surface area contributed by atoms with Crippen LogP contribution in [0.4, 0.5) is 0 Å². The zero-order chi connectivity index (χ0) is 21.8. The van der Waals surface area contributed by atoms with Crippen LogP contribution in [-0.2, 0) is 19.0 Å². The molecule has 2 fully saturated rings. The molecule has 0 amide bonds. The summed E-state index contributed by atoms with van der Waals surface area (Å²) in [6, 6.07) is 0. The van der Waals surface area contributed by atoms with E-state index in [0.717, 1.165) is 0 Å². The molecule has 0 unspecified atom stereocenters. The van der Waals surface area contributed by atoms with Crippen molar-refractivity contribution in [3.05, 3.63) is 20.9 Å². The first-order valence-electron chi connectivity index (χ1n) is 8.14. The van der Waals surface area contributed by atoms with Crippen molar-refractivity contribution in [1.82, 2.24) is 0 Å². The number of hydrogen-bond donors (Lipinski definition) is 7. The smallest absolute Gasteiger partial charge is 0.255 e. The van der Waals surface area contributed by atoms with E-state index in [4.69, 9.17) is 25.3 Å². The molecular formula is C12H20N6O11. The van der Waals surface area contributed by atoms with Crippen molar-refractivity contribution >= 4 is 0 Å². The maximum absolute atomic E-state index is 10.5. The third-order valence-corrected chi connectivity index (χ3v) is 4.49. The van der Waals surface area contributed by atoms with Gasteiger partial charge in [-0.25, -0.2) is 0 Å². The van der Waals surface area contributed by atoms with Crippen LogP contribution in [0.2, 0.25) is 0 Å². The zero-order valence-electron chi connectivity index (χ0n) is 14.6. The van der Waals surface area contributed by atoms with E-state index in [9.17, 15) is 35.7 Å². The van der Waals surface area contributed by atoms with Crippen LogP contribution in [-0.4, -0.2) is 110 Å². The summed E-state index contributed by atoms with van der Waals surface area (Å²) < 4.78 is 15.5. The molecule has 2 heterocycles. The molecule has 0 radical (unpaired) electrons. The van der Waals surface area contributed by atoms with Gasteiger partial charge in [0.05, 0.1) is 13.2 Å². The molecule has 0 aromatic heterocycles. The second-order valence-corrected chi connectivity index (χ2v) is 6.15. The molecule has 17 heteroatoms. The number of aliphatic hydroxyl groups is 7. The van der Waals surface area contributed by atoms with Crippen LogP contribution >= 0.6 is 0 Å². The van der Waals surface area contributed by atoms with E-state index in [-0.39, 0.29) is 0 Å². The maximum atomic E-state index is 10.5. The molecule has 2 saturated heterocycles. The summed E-state index contributed by atoms with van der Waals surface area (Å²) in [7, 11) is 0. The van der Waals surface area contributed by atoms with Crippen molar-refractivity contribution in [3.63, 3.8) is 0 Å². The first-order valence-corrected chi connectivity index (χ1v) is 8.14. The predicted octanol–water partition coefficient (Wildman–Crippen LogP) is -3.51. The number of rotatable bonds is 7. The minimum absolute atomic E-state index is 0.764. The predicted molar refractivity (Wildman–Crippen MR) is 84.7 cm³/mol. The fraction of sp³-hybridized carbons (Fsp3) is 1.00. The number of azide groups is 2. The second-order valence-electron chi connectivity index (χ2n) is 6.15. The summed E-state index contributed by atoms with van der Waals surface area (Å²) in [4.78, 5) is 9.31. The van der Waals surface area contributed by atoms with E-state index < -0.39 is 74.2 Å². The van der Waals surface area contributed by atoms with Gasteiger partial charge in [-0.1, -0.05) is 0 Å². The van der Waals surface area contributed by atoms with Gasteiger partial charge >= 0.3 is 0 Å². The molecule has 164 valence electrons. The summed E-state index contributed by atoms with van der Waals surface area (Å²) in [5, 5.41) is 74.9. The number of hydrogen-bond acceptors (Lipinski definition) is 13. The van der Waals surface area contributed by atoms with Gasteiger partial charge < -0.3 is 54.8 Å². The Kier molecular flexibility index (Phi) is 7.78. The summed E-state index contributed by atoms with van der Waals surface area (Å²) in [5.74, 6) is 0. The molecule has 2 aliphatic rings. The Balaban J connectivity index is 2.33. The van der Waals surface area contributed by atoms with Crippen molar-refractivity contribution in [2.45, 2.75) is 61.0 Å². The Morgan fingerprint density at radius 3 is 2.00 bits per heavy atom. The van der Waals surface area contributed by atoms with E-state index in [0.29, 0.717) is 0 Å². The van der Waals surface area contributed by atoms with Gasteiger partial charge in [-0.2, -0.15) is 0 Å². The average Bonchev–Trinajstić information content (AvgIpc) is 2.72. The molecule has 0 bridgehead atoms. The molecule has 7 N–H and O–H groups in total. The number of ether oxygens (including phenoxy) is 3. The Bertz CT molecular complexity index is 658. The topological polar surface area (TPSA) is 276 Å². The van der Waals surface area contributed by atoms with E-state index in [1.165, 1.54) is 0 Å². The number of nitrogens with zero attached hydrogens (tertiary/aromatic N) is 6. The van der Waals surface area contributed by atoms with Crippen LogP contribution in [0.5, 0.6) is 0 Å². The van der Waals surface area contributed by atoms with Crippen LogP contribution in [0.3, 0.4) is 0 Å². The average molecular weight is 424 g/mol. The Labute approximate surface area is 161 Å². The van der Waals surface area contributed by atoms with E-state index in [2.05, 4.69) is 25.1 Å². The van der Waals surface area contributed by atoms with Crippen LogP contribution in [0.15, 0.2) is 10.4 Å². The quantitative estimate of drug-likeness (QED) is 0.0910. The lowest BCUT2D eigenvalue weighted by Gasteiger charge is -2.48. The van der Waals surface area contributed by atoms with Crippen molar-refractivity contribution in [1.29, 1.82) is 0 Å². The Hall–Kier alpha value is -1.98. The summed E-state index contributed by atoms with van der Waals surface area (Å²) in [5.41, 5.74) is 14.5. The molecule has 2 rings (SSSR count). The zero-order valence-corrected chi connectivity index (χ0v) is 14.6. The Morgan fingerprint density at radius 2 is 1.45 bits per heavy atom. The van der Waals surface area contributed by atoms with Gasteiger partial charge in [0.25, 0.3) is 5.72 Å². The van der Waals surface area contributed by atoms with E-state index in [1.54, 1.807) is 0 Å². The first-order chi connectivity index (χ1) is 13.8. The third-order valence-electron chi connectivity index (χ3n) is 4.49. The molecular weight excluding hydrogens is 404 g/mol. The summed E-state index contributed by atoms with van der Waals surface area (Å²) >= 11 is 0. The molecule has 0 aliphatic carbocycles. The minimum atomic E-state index is -2.70. The molecule has 0 aromatic carbocycles. The van der Waals surface area contributed by atoms with Crippen molar-refractivity contribution in [2.24, 2.45) is 10.4 Å². The lowest BCUT2D eigenvalue weighted by Crippen LogP contribution is -2.68. The molecule has 2 aliphatic heterocycles. The first kappa shape index (κ1) is 23.3. The van der Waals surface area contributed by atoms with Gasteiger partial charge in [-0.05, 0) is 16.2 Å². The summed E-state index contributed by atoms with van der Waals surface area (Å²) in [6.45, 7) is -1.66. The normalized spacial score (nSPS) is 45.0. The minimum Gasteiger partial charge on any atom is -0.415 e. The van der Waals surface area contributed by atoms with Crippen molar-refractivity contribution in [3.8, 4) is 0 Å². The SMILES string of the molecule is [N-]=[N+]=NO[C@@]1(N=[N+]=[N-])[C@H](O)[C@@H](CO)O[C@H](O[C@H]2O[C@H](CO)[C@@H](O)[C@H](O)[C@H]2O)[C@@H]1O. The van der Waals surface area contributed by atoms with Gasteiger partial charge in [0.1, 0.15) is 41.9 Å². The second kappa shape index (κ2) is 9.68. The van der Waals surface area contributed by atoms with Gasteiger partial charge in [0.2, 0.25) is 0 Å². The molecule has 0 spiro atoms. The van der Waals surface area contributed by atoms with Gasteiger partial charge in [0, 0.05) is 9.82 Å². The number of aliphatic hydroxyl groups excluding tert-OH is 7. The van der Waals surface area contributed by atoms with Gasteiger partial charge in [-0.3, -0.25) is 0 Å². The highest BCUT2D eigenvalue weighted by Gasteiger charge is 2.60. The van der Waals surface area contributed by atoms with Crippen molar-refractivity contribution < 1.29 is 54.8 Å². The molecule has 17 nitrogen and oxygen atoms in total. The van der Waals surface area contributed by atoms with E-state index in [1.807, 2.05) is 0 Å². The lowest BCUT2D eigenvalue weighted by atomic mass is 9.92. The lowest BCUT2D eigenvalue weighted by molar-refractivity contribution is -0.392. The highest BCUT2D eigenvalue weighted by atomic mass is 16.8. The van der Waals surface area contributed by atoms with Crippen molar-refractivity contribution in [2.75, 3.05) is 13.2 Å². The highest BCUT2D eigenvalue weighted by molar-refractivity contribution is 5.02. The Morgan fingerprint density at radius 1 is 0.828 bits per heavy atom. The van der Waals surface area contributed by atoms with Gasteiger partial charge in [0.15, 0.2) is 18.7 Å². The fourth-order valence-electron chi connectivity index (χ4n) is 2.92. The largest absolute Gasteiger partial charge is 0.415 e. The van der Waals surface area contributed by atoms with Crippen LogP contribution in [0, 0.1) is 0 Å². The fourth-order valence-corrected chi connectivity index (χ4v) is 2.92. The molecule has 29 heavy (non-hydrogen) atoms. The maximum Gasteiger partial charge on any atom is 0.255 e. The third kappa shape index (κ3) is 4.31. The molecule has 0 aromatic rings. The van der Waals surface area contributed by atoms with E-state index >= 15 is 0 Å². The summed E-state index contributed by atoms with van der Waals surface area (Å²) in [6.07, 6.45) is -16.3. The van der Waals surface area contributed by atoms with Crippen LogP contribution in [0.25, 0.3) is 20.9 Å². The van der Waals surface area contributed by atoms with Crippen LogP contribution < -0.4 is 0 Å². The van der Waals surface area contributed by atoms with Gasteiger partial charge in [-0.15, -0.1) is 0 Å². The standard InChI is InChI=1S/C12H20N6O11/c13-16-15-12(29-18-17-14)8(24)4(2-20)27-11(9(12)25)28-10-7(23)6(22)5(21)3(1-19)26-10/h3-11,19-25H,1-2H2/t3-,4-,5-,6+,7-,8-,9+,10-,11-,12+/m1/s1. The molecule has 0 saturated carbocycles. The monoisotopic (exact) mass is 424 g/mol. The molecule has 10 atom stereocenters. The highest BCUT2D eigenvalue weighted by Crippen LogP contribution is 2.37.